The highest BCUT2D eigenvalue weighted by atomic mass is 16.5. The lowest BCUT2D eigenvalue weighted by atomic mass is 10.1. The standard InChI is InChI=1S/C16H22N4O/c1-5-6-17-14-8-13(10-21-4)19-16(20-14)15-12(3)7-11(2)9-18-15/h7-9H,5-6,10H2,1-4H3,(H,17,19,20). The highest BCUT2D eigenvalue weighted by Crippen LogP contribution is 2.20. The summed E-state index contributed by atoms with van der Waals surface area (Å²) in [7, 11) is 1.66. The molecule has 5 heteroatoms. The Hall–Kier alpha value is -2.01. The summed E-state index contributed by atoms with van der Waals surface area (Å²) in [5, 5.41) is 3.30. The summed E-state index contributed by atoms with van der Waals surface area (Å²) in [4.78, 5) is 13.6. The van der Waals surface area contributed by atoms with Gasteiger partial charge >= 0.3 is 0 Å². The largest absolute Gasteiger partial charge is 0.378 e. The van der Waals surface area contributed by atoms with Gasteiger partial charge in [-0.25, -0.2) is 9.97 Å². The molecule has 0 spiro atoms. The molecule has 21 heavy (non-hydrogen) atoms. The van der Waals surface area contributed by atoms with Crippen molar-refractivity contribution >= 4 is 5.82 Å². The number of hydrogen-bond acceptors (Lipinski definition) is 5. The van der Waals surface area contributed by atoms with E-state index in [1.807, 2.05) is 26.1 Å². The molecule has 2 heterocycles. The van der Waals surface area contributed by atoms with Gasteiger partial charge in [0.1, 0.15) is 11.5 Å². The van der Waals surface area contributed by atoms with Crippen LogP contribution in [-0.2, 0) is 11.3 Å². The summed E-state index contributed by atoms with van der Waals surface area (Å²) in [6, 6.07) is 4.01. The molecule has 2 aromatic rings. The van der Waals surface area contributed by atoms with Gasteiger partial charge in [0.25, 0.3) is 0 Å². The monoisotopic (exact) mass is 286 g/mol. The van der Waals surface area contributed by atoms with Gasteiger partial charge in [0.2, 0.25) is 0 Å². The molecule has 1 N–H and O–H groups in total. The molecule has 5 nitrogen and oxygen atoms in total. The molecule has 2 aromatic heterocycles. The molecule has 0 amide bonds. The molecule has 112 valence electrons. The normalized spacial score (nSPS) is 10.7. The number of nitrogens with zero attached hydrogens (tertiary/aromatic N) is 3. The summed E-state index contributed by atoms with van der Waals surface area (Å²) in [6.45, 7) is 7.52. The number of ether oxygens (including phenoxy) is 1. The Kier molecular flexibility index (Phi) is 5.22. The van der Waals surface area contributed by atoms with Crippen LogP contribution < -0.4 is 5.32 Å². The van der Waals surface area contributed by atoms with Gasteiger partial charge in [0.05, 0.1) is 12.3 Å². The van der Waals surface area contributed by atoms with E-state index in [1.54, 1.807) is 7.11 Å². The first-order valence-corrected chi connectivity index (χ1v) is 7.18. The molecule has 0 unspecified atom stereocenters. The lowest BCUT2D eigenvalue weighted by Gasteiger charge is -2.10. The van der Waals surface area contributed by atoms with Crippen LogP contribution in [0.3, 0.4) is 0 Å². The van der Waals surface area contributed by atoms with Crippen LogP contribution in [0, 0.1) is 13.8 Å². The fourth-order valence-electron chi connectivity index (χ4n) is 2.12. The van der Waals surface area contributed by atoms with Gasteiger partial charge in [0, 0.05) is 25.9 Å². The summed E-state index contributed by atoms with van der Waals surface area (Å²) < 4.78 is 5.19. The highest BCUT2D eigenvalue weighted by Gasteiger charge is 2.10. The Balaban J connectivity index is 2.43. The molecular weight excluding hydrogens is 264 g/mol. The van der Waals surface area contributed by atoms with E-state index in [0.29, 0.717) is 12.4 Å². The van der Waals surface area contributed by atoms with Crippen molar-refractivity contribution in [3.63, 3.8) is 0 Å². The minimum Gasteiger partial charge on any atom is -0.378 e. The molecule has 0 atom stereocenters. The van der Waals surface area contributed by atoms with Crippen LogP contribution in [-0.4, -0.2) is 28.6 Å². The Labute approximate surface area is 125 Å². The maximum Gasteiger partial charge on any atom is 0.180 e. The van der Waals surface area contributed by atoms with Gasteiger partial charge in [-0.3, -0.25) is 4.98 Å². The molecular formula is C16H22N4O. The Morgan fingerprint density at radius 1 is 1.19 bits per heavy atom. The van der Waals surface area contributed by atoms with Crippen molar-refractivity contribution in [1.29, 1.82) is 0 Å². The molecule has 2 rings (SSSR count). The predicted molar refractivity (Wildman–Crippen MR) is 84.2 cm³/mol. The van der Waals surface area contributed by atoms with Gasteiger partial charge in [-0.2, -0.15) is 0 Å². The Morgan fingerprint density at radius 2 is 2.00 bits per heavy atom. The minimum atomic E-state index is 0.460. The molecule has 0 aromatic carbocycles. The number of nitrogens with one attached hydrogen (secondary N) is 1. The number of pyridine rings is 1. The lowest BCUT2D eigenvalue weighted by molar-refractivity contribution is 0.181. The fourth-order valence-corrected chi connectivity index (χ4v) is 2.12. The zero-order valence-electron chi connectivity index (χ0n) is 13.1. The van der Waals surface area contributed by atoms with Crippen LogP contribution >= 0.6 is 0 Å². The summed E-state index contributed by atoms with van der Waals surface area (Å²) >= 11 is 0. The number of anilines is 1. The third-order valence-corrected chi connectivity index (χ3v) is 3.05. The van der Waals surface area contributed by atoms with Crippen molar-refractivity contribution in [3.8, 4) is 11.5 Å². The minimum absolute atomic E-state index is 0.460. The van der Waals surface area contributed by atoms with E-state index in [-0.39, 0.29) is 0 Å². The number of aromatic nitrogens is 3. The van der Waals surface area contributed by atoms with E-state index in [1.165, 1.54) is 0 Å². The first-order chi connectivity index (χ1) is 10.1. The van der Waals surface area contributed by atoms with E-state index in [0.717, 1.165) is 41.3 Å². The van der Waals surface area contributed by atoms with Crippen LogP contribution in [0.4, 0.5) is 5.82 Å². The van der Waals surface area contributed by atoms with Crippen molar-refractivity contribution in [1.82, 2.24) is 15.0 Å². The van der Waals surface area contributed by atoms with Gasteiger partial charge in [-0.1, -0.05) is 13.0 Å². The number of aryl methyl sites for hydroxylation is 2. The van der Waals surface area contributed by atoms with Crippen LogP contribution in [0.1, 0.15) is 30.2 Å². The van der Waals surface area contributed by atoms with Gasteiger partial charge < -0.3 is 10.1 Å². The number of methoxy groups -OCH3 is 1. The van der Waals surface area contributed by atoms with Crippen molar-refractivity contribution in [2.24, 2.45) is 0 Å². The van der Waals surface area contributed by atoms with Crippen molar-refractivity contribution in [3.05, 3.63) is 35.2 Å². The second kappa shape index (κ2) is 7.13. The predicted octanol–water partition coefficient (Wildman–Crippen LogP) is 3.12. The van der Waals surface area contributed by atoms with Crippen LogP contribution in [0.2, 0.25) is 0 Å². The average Bonchev–Trinajstić information content (AvgIpc) is 2.45. The fraction of sp³-hybridized carbons (Fsp3) is 0.438. The quantitative estimate of drug-likeness (QED) is 0.884. The second-order valence-electron chi connectivity index (χ2n) is 5.11. The molecule has 0 aliphatic heterocycles. The van der Waals surface area contributed by atoms with Gasteiger partial charge in [-0.15, -0.1) is 0 Å². The first kappa shape index (κ1) is 15.4. The Bertz CT molecular complexity index is 613. The lowest BCUT2D eigenvalue weighted by Crippen LogP contribution is -2.07. The molecule has 0 fully saturated rings. The number of hydrogen-bond donors (Lipinski definition) is 1. The van der Waals surface area contributed by atoms with E-state index >= 15 is 0 Å². The van der Waals surface area contributed by atoms with Crippen molar-refractivity contribution < 1.29 is 4.74 Å². The molecule has 0 saturated heterocycles. The zero-order chi connectivity index (χ0) is 15.2. The van der Waals surface area contributed by atoms with Gasteiger partial charge in [-0.05, 0) is 31.4 Å². The molecule has 0 bridgehead atoms. The molecule has 0 radical (unpaired) electrons. The average molecular weight is 286 g/mol. The summed E-state index contributed by atoms with van der Waals surface area (Å²) in [5.41, 5.74) is 3.88. The van der Waals surface area contributed by atoms with Crippen molar-refractivity contribution in [2.75, 3.05) is 19.0 Å². The van der Waals surface area contributed by atoms with E-state index in [4.69, 9.17) is 4.74 Å². The van der Waals surface area contributed by atoms with Crippen LogP contribution in [0.5, 0.6) is 0 Å². The maximum absolute atomic E-state index is 5.19. The van der Waals surface area contributed by atoms with Crippen molar-refractivity contribution in [2.45, 2.75) is 33.8 Å². The molecule has 0 aliphatic carbocycles. The van der Waals surface area contributed by atoms with E-state index in [2.05, 4.69) is 33.3 Å². The van der Waals surface area contributed by atoms with E-state index < -0.39 is 0 Å². The SMILES string of the molecule is CCCNc1cc(COC)nc(-c2ncc(C)cc2C)n1. The Morgan fingerprint density at radius 3 is 2.67 bits per heavy atom. The topological polar surface area (TPSA) is 59.9 Å². The second-order valence-corrected chi connectivity index (χ2v) is 5.11. The third-order valence-electron chi connectivity index (χ3n) is 3.05. The van der Waals surface area contributed by atoms with Crippen LogP contribution in [0.15, 0.2) is 18.3 Å². The molecule has 0 aliphatic rings. The third kappa shape index (κ3) is 3.98. The smallest absolute Gasteiger partial charge is 0.180 e. The number of rotatable bonds is 6. The zero-order valence-corrected chi connectivity index (χ0v) is 13.1. The summed E-state index contributed by atoms with van der Waals surface area (Å²) in [5.74, 6) is 1.45. The van der Waals surface area contributed by atoms with Gasteiger partial charge in [0.15, 0.2) is 5.82 Å². The highest BCUT2D eigenvalue weighted by molar-refractivity contribution is 5.57. The van der Waals surface area contributed by atoms with E-state index in [9.17, 15) is 0 Å². The molecule has 0 saturated carbocycles. The first-order valence-electron chi connectivity index (χ1n) is 7.18. The maximum atomic E-state index is 5.19. The van der Waals surface area contributed by atoms with Crippen LogP contribution in [0.25, 0.3) is 11.5 Å². The summed E-state index contributed by atoms with van der Waals surface area (Å²) in [6.07, 6.45) is 2.88.